The number of hydrogen-bond acceptors (Lipinski definition) is 5. The average Bonchev–Trinajstić information content (AvgIpc) is 2.55. The van der Waals surface area contributed by atoms with E-state index in [4.69, 9.17) is 0 Å². The minimum absolute atomic E-state index is 0.132. The quantitative estimate of drug-likeness (QED) is 0.895. The van der Waals surface area contributed by atoms with Crippen LogP contribution in [0.25, 0.3) is 0 Å². The van der Waals surface area contributed by atoms with E-state index in [0.717, 1.165) is 43.1 Å². The lowest BCUT2D eigenvalue weighted by molar-refractivity contribution is -0.114. The van der Waals surface area contributed by atoms with Gasteiger partial charge in [-0.3, -0.25) is 19.7 Å². The van der Waals surface area contributed by atoms with Gasteiger partial charge in [0.2, 0.25) is 5.91 Å². The first-order valence-corrected chi connectivity index (χ1v) is 9.23. The molecule has 0 spiro atoms. The SMILES string of the molecule is CC(=O)Nc1cnc(CN2CCC[C@H](Cc3cc(C)nc(C)c3)C2)cn1. The summed E-state index contributed by atoms with van der Waals surface area (Å²) >= 11 is 0. The van der Waals surface area contributed by atoms with Crippen molar-refractivity contribution in [3.63, 3.8) is 0 Å². The average molecular weight is 353 g/mol. The molecule has 2 aromatic rings. The van der Waals surface area contributed by atoms with Crippen LogP contribution < -0.4 is 5.32 Å². The summed E-state index contributed by atoms with van der Waals surface area (Å²) in [5.41, 5.74) is 4.53. The second-order valence-corrected chi connectivity index (χ2v) is 7.28. The fraction of sp³-hybridized carbons (Fsp3) is 0.500. The molecular weight excluding hydrogens is 326 g/mol. The molecule has 1 N–H and O–H groups in total. The van der Waals surface area contributed by atoms with Gasteiger partial charge in [0.25, 0.3) is 0 Å². The van der Waals surface area contributed by atoms with E-state index in [9.17, 15) is 4.79 Å². The van der Waals surface area contributed by atoms with Gasteiger partial charge in [-0.2, -0.15) is 0 Å². The van der Waals surface area contributed by atoms with Crippen LogP contribution in [0.3, 0.4) is 0 Å². The summed E-state index contributed by atoms with van der Waals surface area (Å²) in [5.74, 6) is 1.03. The van der Waals surface area contributed by atoms with Crippen LogP contribution in [0.2, 0.25) is 0 Å². The first kappa shape index (κ1) is 18.5. The van der Waals surface area contributed by atoms with Gasteiger partial charge in [0.05, 0.1) is 18.1 Å². The topological polar surface area (TPSA) is 71.0 Å². The lowest BCUT2D eigenvalue weighted by atomic mass is 9.91. The molecule has 2 aromatic heterocycles. The normalized spacial score (nSPS) is 17.9. The van der Waals surface area contributed by atoms with Crippen molar-refractivity contribution < 1.29 is 4.79 Å². The third kappa shape index (κ3) is 5.33. The van der Waals surface area contributed by atoms with E-state index in [0.29, 0.717) is 11.7 Å². The van der Waals surface area contributed by atoms with E-state index < -0.39 is 0 Å². The molecule has 1 aliphatic rings. The second-order valence-electron chi connectivity index (χ2n) is 7.28. The Labute approximate surface area is 155 Å². The van der Waals surface area contributed by atoms with E-state index in [1.165, 1.54) is 25.3 Å². The number of carbonyl (C=O) groups excluding carboxylic acids is 1. The fourth-order valence-corrected chi connectivity index (χ4v) is 3.74. The Hall–Kier alpha value is -2.34. The third-order valence-corrected chi connectivity index (χ3v) is 4.66. The van der Waals surface area contributed by atoms with Gasteiger partial charge in [-0.1, -0.05) is 0 Å². The van der Waals surface area contributed by atoms with Crippen LogP contribution in [0.5, 0.6) is 0 Å². The van der Waals surface area contributed by atoms with Crippen LogP contribution in [0, 0.1) is 19.8 Å². The molecule has 0 aliphatic carbocycles. The van der Waals surface area contributed by atoms with Gasteiger partial charge in [0, 0.05) is 31.4 Å². The highest BCUT2D eigenvalue weighted by Crippen LogP contribution is 2.22. The number of pyridine rings is 1. The summed E-state index contributed by atoms with van der Waals surface area (Å²) in [6, 6.07) is 4.41. The molecule has 1 atom stereocenters. The Morgan fingerprint density at radius 2 is 2.00 bits per heavy atom. The Morgan fingerprint density at radius 3 is 2.65 bits per heavy atom. The maximum absolute atomic E-state index is 11.1. The molecule has 138 valence electrons. The molecule has 3 heterocycles. The Balaban J connectivity index is 1.57. The molecule has 0 unspecified atom stereocenters. The molecule has 6 heteroatoms. The molecule has 6 nitrogen and oxygen atoms in total. The summed E-state index contributed by atoms with van der Waals surface area (Å²) in [6.45, 7) is 8.57. The molecular formula is C20H27N5O. The number of hydrogen-bond donors (Lipinski definition) is 1. The first-order chi connectivity index (χ1) is 12.5. The third-order valence-electron chi connectivity index (χ3n) is 4.66. The molecule has 1 amide bonds. The van der Waals surface area contributed by atoms with Gasteiger partial charge in [0.15, 0.2) is 5.82 Å². The number of nitrogens with zero attached hydrogens (tertiary/aromatic N) is 4. The van der Waals surface area contributed by atoms with Crippen LogP contribution >= 0.6 is 0 Å². The lowest BCUT2D eigenvalue weighted by Gasteiger charge is -2.32. The highest BCUT2D eigenvalue weighted by Gasteiger charge is 2.21. The van der Waals surface area contributed by atoms with Crippen molar-refractivity contribution >= 4 is 11.7 Å². The number of carbonyl (C=O) groups is 1. The minimum atomic E-state index is -0.132. The molecule has 1 saturated heterocycles. The largest absolute Gasteiger partial charge is 0.310 e. The maximum atomic E-state index is 11.1. The van der Waals surface area contributed by atoms with Crippen LogP contribution in [0.1, 0.15) is 42.4 Å². The van der Waals surface area contributed by atoms with Crippen LogP contribution in [0.15, 0.2) is 24.5 Å². The predicted octanol–water partition coefficient (Wildman–Crippen LogP) is 2.90. The second kappa shape index (κ2) is 8.36. The zero-order valence-corrected chi connectivity index (χ0v) is 15.8. The Kier molecular flexibility index (Phi) is 5.93. The van der Waals surface area contributed by atoms with Gasteiger partial charge in [0.1, 0.15) is 0 Å². The zero-order chi connectivity index (χ0) is 18.5. The Bertz CT molecular complexity index is 739. The number of nitrogens with one attached hydrogen (secondary N) is 1. The molecule has 0 bridgehead atoms. The zero-order valence-electron chi connectivity index (χ0n) is 15.8. The number of amides is 1. The summed E-state index contributed by atoms with van der Waals surface area (Å²) in [7, 11) is 0. The highest BCUT2D eigenvalue weighted by atomic mass is 16.1. The van der Waals surface area contributed by atoms with Crippen molar-refractivity contribution in [3.8, 4) is 0 Å². The smallest absolute Gasteiger partial charge is 0.222 e. The van der Waals surface area contributed by atoms with Crippen molar-refractivity contribution in [2.75, 3.05) is 18.4 Å². The molecule has 0 saturated carbocycles. The number of piperidine rings is 1. The van der Waals surface area contributed by atoms with E-state index >= 15 is 0 Å². The van der Waals surface area contributed by atoms with Gasteiger partial charge in [-0.05, 0) is 63.3 Å². The molecule has 1 aliphatic heterocycles. The number of aromatic nitrogens is 3. The predicted molar refractivity (Wildman–Crippen MR) is 102 cm³/mol. The summed E-state index contributed by atoms with van der Waals surface area (Å²) in [4.78, 5) is 26.7. The molecule has 26 heavy (non-hydrogen) atoms. The first-order valence-electron chi connectivity index (χ1n) is 9.23. The highest BCUT2D eigenvalue weighted by molar-refractivity contribution is 5.87. The number of anilines is 1. The van der Waals surface area contributed by atoms with Gasteiger partial charge in [-0.25, -0.2) is 4.98 Å². The summed E-state index contributed by atoms with van der Waals surface area (Å²) < 4.78 is 0. The van der Waals surface area contributed by atoms with E-state index in [2.05, 4.69) is 51.1 Å². The summed E-state index contributed by atoms with van der Waals surface area (Å²) in [5, 5.41) is 2.65. The van der Waals surface area contributed by atoms with Gasteiger partial charge in [-0.15, -0.1) is 0 Å². The van der Waals surface area contributed by atoms with Crippen molar-refractivity contribution in [3.05, 3.63) is 47.2 Å². The standard InChI is InChI=1S/C20H27N5O/c1-14-7-18(8-15(2)23-14)9-17-5-4-6-25(12-17)13-19-10-22-20(11-21-19)24-16(3)26/h7-8,10-11,17H,4-6,9,12-13H2,1-3H3,(H,22,24,26)/t17-/m1/s1. The van der Waals surface area contributed by atoms with Crippen LogP contribution in [-0.2, 0) is 17.8 Å². The maximum Gasteiger partial charge on any atom is 0.222 e. The minimum Gasteiger partial charge on any atom is -0.310 e. The van der Waals surface area contributed by atoms with Crippen molar-refractivity contribution in [1.29, 1.82) is 0 Å². The van der Waals surface area contributed by atoms with E-state index in [1.807, 2.05) is 0 Å². The van der Waals surface area contributed by atoms with Crippen molar-refractivity contribution in [1.82, 2.24) is 19.9 Å². The monoisotopic (exact) mass is 353 g/mol. The fourth-order valence-electron chi connectivity index (χ4n) is 3.74. The number of likely N-dealkylation sites (tertiary alicyclic amines) is 1. The van der Waals surface area contributed by atoms with Crippen LogP contribution in [-0.4, -0.2) is 38.8 Å². The molecule has 1 fully saturated rings. The van der Waals surface area contributed by atoms with Crippen molar-refractivity contribution in [2.24, 2.45) is 5.92 Å². The lowest BCUT2D eigenvalue weighted by Crippen LogP contribution is -2.36. The molecule has 3 rings (SSSR count). The van der Waals surface area contributed by atoms with E-state index in [-0.39, 0.29) is 5.91 Å². The van der Waals surface area contributed by atoms with Crippen molar-refractivity contribution in [2.45, 2.75) is 46.6 Å². The molecule has 0 aromatic carbocycles. The Morgan fingerprint density at radius 1 is 1.23 bits per heavy atom. The molecule has 0 radical (unpaired) electrons. The van der Waals surface area contributed by atoms with Gasteiger partial charge >= 0.3 is 0 Å². The number of aryl methyl sites for hydroxylation is 2. The summed E-state index contributed by atoms with van der Waals surface area (Å²) in [6.07, 6.45) is 6.97. The van der Waals surface area contributed by atoms with E-state index in [1.54, 1.807) is 12.4 Å². The van der Waals surface area contributed by atoms with Gasteiger partial charge < -0.3 is 5.32 Å². The number of rotatable bonds is 5. The van der Waals surface area contributed by atoms with Crippen LogP contribution in [0.4, 0.5) is 5.82 Å².